The maximum absolute atomic E-state index is 6.06. The molecule has 1 aromatic heterocycles. The Labute approximate surface area is 109 Å². The number of hydrogen-bond donors (Lipinski definition) is 1. The average Bonchev–Trinajstić information content (AvgIpc) is 2.71. The molecule has 0 aliphatic carbocycles. The topological polar surface area (TPSA) is 43.8 Å². The number of aryl methyl sites for hydroxylation is 2. The molecular weight excluding hydrogens is 222 g/mol. The molecule has 1 heterocycles. The number of nitrogen functional groups attached to an aromatic ring is 1. The lowest BCUT2D eigenvalue weighted by molar-refractivity contribution is 0.752. The Balaban J connectivity index is 2.38. The van der Waals surface area contributed by atoms with E-state index in [9.17, 15) is 0 Å². The van der Waals surface area contributed by atoms with E-state index in [1.54, 1.807) is 0 Å². The van der Waals surface area contributed by atoms with Crippen molar-refractivity contribution >= 4 is 5.82 Å². The molecule has 3 heteroatoms. The molecule has 0 amide bonds. The molecule has 3 nitrogen and oxygen atoms in total. The van der Waals surface area contributed by atoms with Crippen molar-refractivity contribution < 1.29 is 0 Å². The molecule has 96 valence electrons. The van der Waals surface area contributed by atoms with Crippen LogP contribution in [0, 0.1) is 13.8 Å². The van der Waals surface area contributed by atoms with Gasteiger partial charge in [-0.2, -0.15) is 5.10 Å². The van der Waals surface area contributed by atoms with Crippen molar-refractivity contribution in [3.05, 3.63) is 41.1 Å². The lowest BCUT2D eigenvalue weighted by Crippen LogP contribution is -2.04. The van der Waals surface area contributed by atoms with Crippen LogP contribution in [0.1, 0.15) is 36.6 Å². The van der Waals surface area contributed by atoms with E-state index in [1.165, 1.54) is 17.5 Å². The molecule has 0 saturated carbocycles. The molecule has 1 aromatic carbocycles. The summed E-state index contributed by atoms with van der Waals surface area (Å²) >= 11 is 0. The van der Waals surface area contributed by atoms with Crippen molar-refractivity contribution in [3.8, 4) is 5.69 Å². The minimum atomic E-state index is 0.717. The predicted molar refractivity (Wildman–Crippen MR) is 76.1 cm³/mol. The fourth-order valence-corrected chi connectivity index (χ4v) is 2.08. The highest BCUT2D eigenvalue weighted by atomic mass is 15.3. The number of benzene rings is 1. The first kappa shape index (κ1) is 12.7. The minimum Gasteiger partial charge on any atom is -0.384 e. The van der Waals surface area contributed by atoms with Gasteiger partial charge >= 0.3 is 0 Å². The Morgan fingerprint density at radius 2 is 2.06 bits per heavy atom. The number of anilines is 1. The first-order chi connectivity index (χ1) is 8.63. The zero-order chi connectivity index (χ0) is 13.1. The second-order valence-corrected chi connectivity index (χ2v) is 4.79. The summed E-state index contributed by atoms with van der Waals surface area (Å²) in [6.07, 6.45) is 3.33. The Morgan fingerprint density at radius 3 is 2.78 bits per heavy atom. The first-order valence-corrected chi connectivity index (χ1v) is 6.54. The van der Waals surface area contributed by atoms with Crippen LogP contribution in [0.3, 0.4) is 0 Å². The van der Waals surface area contributed by atoms with E-state index in [4.69, 9.17) is 5.73 Å². The Hall–Kier alpha value is -1.77. The third-order valence-corrected chi connectivity index (χ3v) is 3.38. The highest BCUT2D eigenvalue weighted by Crippen LogP contribution is 2.21. The average molecular weight is 243 g/mol. The third-order valence-electron chi connectivity index (χ3n) is 3.38. The Bertz CT molecular complexity index is 541. The van der Waals surface area contributed by atoms with Gasteiger partial charge in [-0.1, -0.05) is 25.5 Å². The van der Waals surface area contributed by atoms with Gasteiger partial charge in [-0.05, 0) is 43.9 Å². The summed E-state index contributed by atoms with van der Waals surface area (Å²) in [5, 5.41) is 4.61. The quantitative estimate of drug-likeness (QED) is 0.894. The Morgan fingerprint density at radius 1 is 1.28 bits per heavy atom. The third kappa shape index (κ3) is 2.40. The zero-order valence-corrected chi connectivity index (χ0v) is 11.4. The van der Waals surface area contributed by atoms with Crippen molar-refractivity contribution in [1.82, 2.24) is 9.78 Å². The van der Waals surface area contributed by atoms with Gasteiger partial charge in [-0.3, -0.25) is 0 Å². The van der Waals surface area contributed by atoms with Crippen molar-refractivity contribution in [2.24, 2.45) is 0 Å². The van der Waals surface area contributed by atoms with Crippen LogP contribution in [-0.2, 0) is 6.42 Å². The molecule has 0 bridgehead atoms. The van der Waals surface area contributed by atoms with Crippen molar-refractivity contribution in [2.45, 2.75) is 40.0 Å². The number of unbranched alkanes of at least 4 members (excludes halogenated alkanes) is 1. The van der Waals surface area contributed by atoms with Crippen LogP contribution >= 0.6 is 0 Å². The van der Waals surface area contributed by atoms with E-state index in [0.29, 0.717) is 0 Å². The number of nitrogens with zero attached hydrogens (tertiary/aromatic N) is 2. The molecule has 18 heavy (non-hydrogen) atoms. The number of rotatable bonds is 4. The smallest absolute Gasteiger partial charge is 0.127 e. The van der Waals surface area contributed by atoms with E-state index in [2.05, 4.69) is 38.0 Å². The highest BCUT2D eigenvalue weighted by molar-refractivity contribution is 5.49. The van der Waals surface area contributed by atoms with Gasteiger partial charge in [-0.15, -0.1) is 0 Å². The van der Waals surface area contributed by atoms with Crippen molar-refractivity contribution in [1.29, 1.82) is 0 Å². The summed E-state index contributed by atoms with van der Waals surface area (Å²) in [4.78, 5) is 0. The standard InChI is InChI=1S/C15H21N3/c1-4-5-8-13-10-15(16)18(17-13)14-9-6-7-11(2)12(14)3/h6-7,9-10H,4-5,8,16H2,1-3H3. The molecule has 0 radical (unpaired) electrons. The molecular formula is C15H21N3. The van der Waals surface area contributed by atoms with Gasteiger partial charge in [0.25, 0.3) is 0 Å². The summed E-state index contributed by atoms with van der Waals surface area (Å²) in [6.45, 7) is 6.40. The van der Waals surface area contributed by atoms with Gasteiger partial charge in [0.05, 0.1) is 11.4 Å². The first-order valence-electron chi connectivity index (χ1n) is 6.54. The molecule has 0 spiro atoms. The second-order valence-electron chi connectivity index (χ2n) is 4.79. The van der Waals surface area contributed by atoms with E-state index in [0.717, 1.165) is 30.0 Å². The monoisotopic (exact) mass is 243 g/mol. The van der Waals surface area contributed by atoms with Gasteiger partial charge in [-0.25, -0.2) is 4.68 Å². The number of aromatic nitrogens is 2. The van der Waals surface area contributed by atoms with E-state index >= 15 is 0 Å². The SMILES string of the molecule is CCCCc1cc(N)n(-c2cccc(C)c2C)n1. The van der Waals surface area contributed by atoms with Gasteiger partial charge in [0, 0.05) is 6.07 Å². The molecule has 0 saturated heterocycles. The summed E-state index contributed by atoms with van der Waals surface area (Å²) in [7, 11) is 0. The van der Waals surface area contributed by atoms with Crippen LogP contribution in [0.5, 0.6) is 0 Å². The normalized spacial score (nSPS) is 10.8. The van der Waals surface area contributed by atoms with Gasteiger partial charge in [0.15, 0.2) is 0 Å². The maximum atomic E-state index is 6.06. The van der Waals surface area contributed by atoms with Gasteiger partial charge < -0.3 is 5.73 Å². The van der Waals surface area contributed by atoms with Crippen LogP contribution in [0.25, 0.3) is 5.69 Å². The van der Waals surface area contributed by atoms with Crippen LogP contribution < -0.4 is 5.73 Å². The molecule has 2 rings (SSSR count). The zero-order valence-electron chi connectivity index (χ0n) is 11.4. The lowest BCUT2D eigenvalue weighted by atomic mass is 10.1. The minimum absolute atomic E-state index is 0.717. The second kappa shape index (κ2) is 5.25. The lowest BCUT2D eigenvalue weighted by Gasteiger charge is -2.09. The number of nitrogens with two attached hydrogens (primary N) is 1. The summed E-state index contributed by atoms with van der Waals surface area (Å²) < 4.78 is 1.85. The van der Waals surface area contributed by atoms with Crippen molar-refractivity contribution in [2.75, 3.05) is 5.73 Å². The highest BCUT2D eigenvalue weighted by Gasteiger charge is 2.09. The molecule has 0 atom stereocenters. The maximum Gasteiger partial charge on any atom is 0.127 e. The van der Waals surface area contributed by atoms with Crippen LogP contribution in [0.4, 0.5) is 5.82 Å². The van der Waals surface area contributed by atoms with E-state index < -0.39 is 0 Å². The molecule has 2 aromatic rings. The summed E-state index contributed by atoms with van der Waals surface area (Å²) in [6, 6.07) is 8.20. The van der Waals surface area contributed by atoms with Gasteiger partial charge in [0.1, 0.15) is 5.82 Å². The fraction of sp³-hybridized carbons (Fsp3) is 0.400. The molecule has 2 N–H and O–H groups in total. The largest absolute Gasteiger partial charge is 0.384 e. The van der Waals surface area contributed by atoms with E-state index in [-0.39, 0.29) is 0 Å². The molecule has 0 aliphatic heterocycles. The Kier molecular flexibility index (Phi) is 3.70. The van der Waals surface area contributed by atoms with E-state index in [1.807, 2.05) is 16.8 Å². The van der Waals surface area contributed by atoms with Crippen LogP contribution in [0.15, 0.2) is 24.3 Å². The van der Waals surface area contributed by atoms with Crippen LogP contribution in [0.2, 0.25) is 0 Å². The van der Waals surface area contributed by atoms with Gasteiger partial charge in [0.2, 0.25) is 0 Å². The van der Waals surface area contributed by atoms with Crippen molar-refractivity contribution in [3.63, 3.8) is 0 Å². The fourth-order valence-electron chi connectivity index (χ4n) is 2.08. The van der Waals surface area contributed by atoms with Crippen LogP contribution in [-0.4, -0.2) is 9.78 Å². The summed E-state index contributed by atoms with van der Waals surface area (Å²) in [5.74, 6) is 0.717. The molecule has 0 fully saturated rings. The number of hydrogen-bond acceptors (Lipinski definition) is 2. The summed E-state index contributed by atoms with van der Waals surface area (Å²) in [5.41, 5.74) is 10.7. The predicted octanol–water partition coefficient (Wildman–Crippen LogP) is 3.41. The molecule has 0 unspecified atom stereocenters. The molecule has 0 aliphatic rings.